The molecule has 1 atom stereocenters. The fourth-order valence-electron chi connectivity index (χ4n) is 3.32. The lowest BCUT2D eigenvalue weighted by Gasteiger charge is -2.30. The third-order valence-electron chi connectivity index (χ3n) is 4.90. The van der Waals surface area contributed by atoms with E-state index >= 15 is 0 Å². The van der Waals surface area contributed by atoms with E-state index in [1.165, 1.54) is 12.1 Å². The zero-order chi connectivity index (χ0) is 16.2. The van der Waals surface area contributed by atoms with Crippen LogP contribution in [0.5, 0.6) is 0 Å². The Hall–Kier alpha value is -1.91. The van der Waals surface area contributed by atoms with Crippen LogP contribution in [0, 0.1) is 11.7 Å². The molecule has 5 heteroatoms. The highest BCUT2D eigenvalue weighted by molar-refractivity contribution is 5.80. The lowest BCUT2D eigenvalue weighted by molar-refractivity contribution is -0.131. The second-order valence-corrected chi connectivity index (χ2v) is 6.55. The molecule has 0 spiro atoms. The summed E-state index contributed by atoms with van der Waals surface area (Å²) in [5.41, 5.74) is 0.854. The number of hydrogen-bond acceptors (Lipinski definition) is 2. The first-order valence-corrected chi connectivity index (χ1v) is 8.45. The van der Waals surface area contributed by atoms with Gasteiger partial charge in [0.15, 0.2) is 0 Å². The van der Waals surface area contributed by atoms with Crippen LogP contribution in [-0.4, -0.2) is 35.8 Å². The van der Waals surface area contributed by atoms with E-state index in [1.54, 1.807) is 6.07 Å². The average molecular weight is 318 g/mol. The number of amides is 2. The molecule has 0 radical (unpaired) electrons. The van der Waals surface area contributed by atoms with Crippen molar-refractivity contribution in [1.82, 2.24) is 10.2 Å². The van der Waals surface area contributed by atoms with Crippen LogP contribution < -0.4 is 5.32 Å². The zero-order valence-electron chi connectivity index (χ0n) is 13.3. The Balaban J connectivity index is 1.65. The number of nitrogens with one attached hydrogen (secondary N) is 1. The maximum absolute atomic E-state index is 13.4. The van der Waals surface area contributed by atoms with Crippen LogP contribution >= 0.6 is 0 Å². The summed E-state index contributed by atoms with van der Waals surface area (Å²) in [7, 11) is 0. The monoisotopic (exact) mass is 318 g/mol. The van der Waals surface area contributed by atoms with Gasteiger partial charge < -0.3 is 10.2 Å². The molecule has 0 bridgehead atoms. The minimum atomic E-state index is -0.271. The SMILES string of the molecule is O=C(NCC(Cc1cccc(F)c1)N1CCCC1=O)C1CCC1. The molecule has 1 saturated heterocycles. The number of likely N-dealkylation sites (tertiary alicyclic amines) is 1. The molecular weight excluding hydrogens is 295 g/mol. The Kier molecular flexibility index (Phi) is 4.94. The molecule has 124 valence electrons. The molecule has 1 unspecified atom stereocenters. The topological polar surface area (TPSA) is 49.4 Å². The van der Waals surface area contributed by atoms with Gasteiger partial charge in [0.25, 0.3) is 0 Å². The number of hydrogen-bond donors (Lipinski definition) is 1. The maximum Gasteiger partial charge on any atom is 0.223 e. The number of rotatable bonds is 6. The van der Waals surface area contributed by atoms with Gasteiger partial charge in [0.2, 0.25) is 11.8 Å². The van der Waals surface area contributed by atoms with E-state index in [0.717, 1.165) is 37.8 Å². The molecular formula is C18H23FN2O2. The van der Waals surface area contributed by atoms with Gasteiger partial charge in [-0.3, -0.25) is 9.59 Å². The molecule has 1 saturated carbocycles. The third-order valence-corrected chi connectivity index (χ3v) is 4.90. The van der Waals surface area contributed by atoms with E-state index in [0.29, 0.717) is 19.4 Å². The first-order chi connectivity index (χ1) is 11.1. The highest BCUT2D eigenvalue weighted by atomic mass is 19.1. The van der Waals surface area contributed by atoms with Crippen LogP contribution in [0.4, 0.5) is 4.39 Å². The highest BCUT2D eigenvalue weighted by Gasteiger charge is 2.30. The van der Waals surface area contributed by atoms with Crippen molar-refractivity contribution in [2.75, 3.05) is 13.1 Å². The Morgan fingerprint density at radius 1 is 1.35 bits per heavy atom. The van der Waals surface area contributed by atoms with E-state index in [9.17, 15) is 14.0 Å². The van der Waals surface area contributed by atoms with Crippen LogP contribution in [0.2, 0.25) is 0 Å². The van der Waals surface area contributed by atoms with E-state index < -0.39 is 0 Å². The molecule has 4 nitrogen and oxygen atoms in total. The average Bonchev–Trinajstić information content (AvgIpc) is 2.88. The van der Waals surface area contributed by atoms with Gasteiger partial charge in [-0.2, -0.15) is 0 Å². The van der Waals surface area contributed by atoms with Crippen molar-refractivity contribution in [3.8, 4) is 0 Å². The lowest BCUT2D eigenvalue weighted by atomic mass is 9.85. The summed E-state index contributed by atoms with van der Waals surface area (Å²) in [6, 6.07) is 6.36. The molecule has 2 aliphatic rings. The summed E-state index contributed by atoms with van der Waals surface area (Å²) in [6.07, 6.45) is 5.03. The second kappa shape index (κ2) is 7.11. The zero-order valence-corrected chi connectivity index (χ0v) is 13.3. The smallest absolute Gasteiger partial charge is 0.223 e. The van der Waals surface area contributed by atoms with Gasteiger partial charge in [-0.15, -0.1) is 0 Å². The van der Waals surface area contributed by atoms with Crippen molar-refractivity contribution in [1.29, 1.82) is 0 Å². The minimum Gasteiger partial charge on any atom is -0.354 e. The van der Waals surface area contributed by atoms with Crippen LogP contribution in [0.25, 0.3) is 0 Å². The molecule has 2 amide bonds. The van der Waals surface area contributed by atoms with E-state index in [1.807, 2.05) is 11.0 Å². The fraction of sp³-hybridized carbons (Fsp3) is 0.556. The second-order valence-electron chi connectivity index (χ2n) is 6.55. The molecule has 1 heterocycles. The molecule has 1 aromatic carbocycles. The number of carbonyl (C=O) groups excluding carboxylic acids is 2. The Morgan fingerprint density at radius 3 is 2.78 bits per heavy atom. The molecule has 1 aromatic rings. The Bertz CT molecular complexity index is 586. The van der Waals surface area contributed by atoms with Gasteiger partial charge in [0, 0.05) is 25.4 Å². The molecule has 23 heavy (non-hydrogen) atoms. The van der Waals surface area contributed by atoms with Crippen molar-refractivity contribution in [3.05, 3.63) is 35.6 Å². The van der Waals surface area contributed by atoms with Gasteiger partial charge in [-0.25, -0.2) is 4.39 Å². The first-order valence-electron chi connectivity index (χ1n) is 8.45. The van der Waals surface area contributed by atoms with E-state index in [-0.39, 0.29) is 29.6 Å². The van der Waals surface area contributed by atoms with Crippen LogP contribution in [-0.2, 0) is 16.0 Å². The summed E-state index contributed by atoms with van der Waals surface area (Å²) in [5.74, 6) is 0.0861. The fourth-order valence-corrected chi connectivity index (χ4v) is 3.32. The van der Waals surface area contributed by atoms with Gasteiger partial charge in [-0.1, -0.05) is 18.6 Å². The van der Waals surface area contributed by atoms with Crippen molar-refractivity contribution in [2.45, 2.75) is 44.6 Å². The molecule has 3 rings (SSSR count). The van der Waals surface area contributed by atoms with Gasteiger partial charge in [0.1, 0.15) is 5.82 Å². The van der Waals surface area contributed by atoms with Crippen molar-refractivity contribution in [2.24, 2.45) is 5.92 Å². The summed E-state index contributed by atoms with van der Waals surface area (Å²) in [5, 5.41) is 2.99. The Morgan fingerprint density at radius 2 is 2.17 bits per heavy atom. The van der Waals surface area contributed by atoms with Crippen molar-refractivity contribution >= 4 is 11.8 Å². The molecule has 0 aromatic heterocycles. The van der Waals surface area contributed by atoms with Crippen molar-refractivity contribution in [3.63, 3.8) is 0 Å². The van der Waals surface area contributed by atoms with Gasteiger partial charge in [0.05, 0.1) is 6.04 Å². The number of halogens is 1. The summed E-state index contributed by atoms with van der Waals surface area (Å²) in [6.45, 7) is 1.16. The summed E-state index contributed by atoms with van der Waals surface area (Å²) < 4.78 is 13.4. The predicted molar refractivity (Wildman–Crippen MR) is 85.2 cm³/mol. The number of nitrogens with zero attached hydrogens (tertiary/aromatic N) is 1. The highest BCUT2D eigenvalue weighted by Crippen LogP contribution is 2.26. The van der Waals surface area contributed by atoms with Crippen LogP contribution in [0.1, 0.15) is 37.7 Å². The Labute approximate surface area is 136 Å². The number of carbonyl (C=O) groups is 2. The first kappa shape index (κ1) is 16.0. The molecule has 1 aliphatic carbocycles. The number of benzene rings is 1. The largest absolute Gasteiger partial charge is 0.354 e. The quantitative estimate of drug-likeness (QED) is 0.875. The van der Waals surface area contributed by atoms with Crippen molar-refractivity contribution < 1.29 is 14.0 Å². The standard InChI is InChI=1S/C18H23FN2O2/c19-15-7-1-4-13(10-15)11-16(21-9-3-8-17(21)22)12-20-18(23)14-5-2-6-14/h1,4,7,10,14,16H,2-3,5-6,8-9,11-12H2,(H,20,23). The van der Waals surface area contributed by atoms with Gasteiger partial charge in [-0.05, 0) is 43.4 Å². The van der Waals surface area contributed by atoms with Crippen LogP contribution in [0.3, 0.4) is 0 Å². The lowest BCUT2D eigenvalue weighted by Crippen LogP contribution is -2.47. The molecule has 1 N–H and O–H groups in total. The third kappa shape index (κ3) is 3.89. The predicted octanol–water partition coefficient (Wildman–Crippen LogP) is 2.28. The summed E-state index contributed by atoms with van der Waals surface area (Å²) in [4.78, 5) is 26.0. The van der Waals surface area contributed by atoms with E-state index in [4.69, 9.17) is 0 Å². The van der Waals surface area contributed by atoms with E-state index in [2.05, 4.69) is 5.32 Å². The normalized spacial score (nSPS) is 19.5. The summed E-state index contributed by atoms with van der Waals surface area (Å²) >= 11 is 0. The van der Waals surface area contributed by atoms with Crippen LogP contribution in [0.15, 0.2) is 24.3 Å². The van der Waals surface area contributed by atoms with Gasteiger partial charge >= 0.3 is 0 Å². The molecule has 2 fully saturated rings. The molecule has 1 aliphatic heterocycles. The minimum absolute atomic E-state index is 0.0899. The maximum atomic E-state index is 13.4.